The van der Waals surface area contributed by atoms with Gasteiger partial charge >= 0.3 is 5.97 Å². The van der Waals surface area contributed by atoms with Crippen LogP contribution in [0.2, 0.25) is 15.1 Å². The zero-order valence-electron chi connectivity index (χ0n) is 10.2. The minimum atomic E-state index is -1.17. The van der Waals surface area contributed by atoms with E-state index in [9.17, 15) is 9.90 Å². The van der Waals surface area contributed by atoms with Crippen LogP contribution in [0.1, 0.15) is 10.4 Å². The lowest BCUT2D eigenvalue weighted by Crippen LogP contribution is -2.04. The summed E-state index contributed by atoms with van der Waals surface area (Å²) in [4.78, 5) is 15.4. The molecule has 0 fully saturated rings. The molecule has 0 bridgehead atoms. The van der Waals surface area contributed by atoms with Crippen molar-refractivity contribution in [1.82, 2.24) is 4.98 Å². The number of aromatic carboxylic acids is 1. The van der Waals surface area contributed by atoms with Crippen molar-refractivity contribution in [2.45, 2.75) is 0 Å². The summed E-state index contributed by atoms with van der Waals surface area (Å²) in [6.45, 7) is 0. The number of rotatable bonds is 3. The molecule has 0 spiro atoms. The largest absolute Gasteiger partial charge is 0.494 e. The van der Waals surface area contributed by atoms with E-state index in [1.807, 2.05) is 0 Å². The fourth-order valence-corrected chi connectivity index (χ4v) is 2.51. The second kappa shape index (κ2) is 5.87. The number of pyridine rings is 1. The number of ether oxygens (including phenoxy) is 1. The molecule has 1 aromatic heterocycles. The van der Waals surface area contributed by atoms with E-state index >= 15 is 0 Å². The molecule has 1 N–H and O–H groups in total. The minimum Gasteiger partial charge on any atom is -0.494 e. The molecule has 0 aliphatic rings. The molecule has 0 aliphatic carbocycles. The van der Waals surface area contributed by atoms with E-state index in [4.69, 9.17) is 39.5 Å². The highest BCUT2D eigenvalue weighted by Crippen LogP contribution is 2.41. The number of methoxy groups -OCH3 is 1. The number of carbonyl (C=O) groups is 1. The Hall–Kier alpha value is -1.49. The number of nitrogens with zero attached hydrogens (tertiary/aromatic N) is 1. The monoisotopic (exact) mass is 331 g/mol. The first kappa shape index (κ1) is 14.9. The molecule has 0 saturated carbocycles. The molecule has 2 rings (SSSR count). The molecule has 0 saturated heterocycles. The van der Waals surface area contributed by atoms with Crippen LogP contribution in [0, 0.1) is 0 Å². The van der Waals surface area contributed by atoms with Gasteiger partial charge in [0.05, 0.1) is 28.4 Å². The van der Waals surface area contributed by atoms with Gasteiger partial charge in [0.25, 0.3) is 0 Å². The quantitative estimate of drug-likeness (QED) is 0.845. The Balaban J connectivity index is 2.83. The highest BCUT2D eigenvalue weighted by atomic mass is 35.5. The lowest BCUT2D eigenvalue weighted by molar-refractivity contribution is 0.0694. The Bertz CT molecular complexity index is 689. The molecule has 7 heteroatoms. The molecular formula is C13H8Cl3NO3. The zero-order valence-corrected chi connectivity index (χ0v) is 12.4. The van der Waals surface area contributed by atoms with Gasteiger partial charge in [-0.05, 0) is 12.1 Å². The van der Waals surface area contributed by atoms with E-state index in [2.05, 4.69) is 4.98 Å². The van der Waals surface area contributed by atoms with E-state index in [1.54, 1.807) is 0 Å². The average Bonchev–Trinajstić information content (AvgIpc) is 2.42. The van der Waals surface area contributed by atoms with Crippen molar-refractivity contribution in [3.05, 3.63) is 45.2 Å². The summed E-state index contributed by atoms with van der Waals surface area (Å²) in [6, 6.07) is 3.07. The first-order chi connectivity index (χ1) is 9.47. The van der Waals surface area contributed by atoms with Crippen molar-refractivity contribution in [2.75, 3.05) is 7.11 Å². The van der Waals surface area contributed by atoms with Gasteiger partial charge in [0.15, 0.2) is 5.75 Å². The van der Waals surface area contributed by atoms with Crippen molar-refractivity contribution in [3.8, 4) is 16.9 Å². The van der Waals surface area contributed by atoms with Crippen LogP contribution >= 0.6 is 34.8 Å². The van der Waals surface area contributed by atoms with Crippen LogP contribution in [-0.4, -0.2) is 23.2 Å². The van der Waals surface area contributed by atoms with E-state index in [-0.39, 0.29) is 31.9 Å². The van der Waals surface area contributed by atoms with Crippen LogP contribution in [0.15, 0.2) is 24.5 Å². The summed E-state index contributed by atoms with van der Waals surface area (Å²) in [5.74, 6) is -1.06. The van der Waals surface area contributed by atoms with Gasteiger partial charge in [0, 0.05) is 17.3 Å². The molecule has 0 aliphatic heterocycles. The normalized spacial score (nSPS) is 10.4. The molecule has 0 unspecified atom stereocenters. The third-order valence-electron chi connectivity index (χ3n) is 2.66. The second-order valence-electron chi connectivity index (χ2n) is 3.79. The fourth-order valence-electron chi connectivity index (χ4n) is 1.78. The lowest BCUT2D eigenvalue weighted by atomic mass is 10.0. The highest BCUT2D eigenvalue weighted by molar-refractivity contribution is 6.46. The summed E-state index contributed by atoms with van der Waals surface area (Å²) >= 11 is 18.2. The summed E-state index contributed by atoms with van der Waals surface area (Å²) in [6.07, 6.45) is 2.66. The van der Waals surface area contributed by atoms with Crippen LogP contribution in [0.3, 0.4) is 0 Å². The third kappa shape index (κ3) is 2.54. The van der Waals surface area contributed by atoms with E-state index in [1.165, 1.54) is 31.6 Å². The van der Waals surface area contributed by atoms with Crippen LogP contribution in [0.5, 0.6) is 5.75 Å². The Labute approximate surface area is 129 Å². The van der Waals surface area contributed by atoms with Crippen LogP contribution in [0.25, 0.3) is 11.1 Å². The molecule has 0 amide bonds. The molecule has 0 radical (unpaired) electrons. The van der Waals surface area contributed by atoms with Crippen molar-refractivity contribution >= 4 is 40.8 Å². The Morgan fingerprint density at radius 3 is 2.45 bits per heavy atom. The molecule has 1 aromatic carbocycles. The van der Waals surface area contributed by atoms with Crippen LogP contribution in [-0.2, 0) is 0 Å². The topological polar surface area (TPSA) is 59.4 Å². The van der Waals surface area contributed by atoms with Gasteiger partial charge in [-0.3, -0.25) is 4.98 Å². The van der Waals surface area contributed by atoms with Gasteiger partial charge in [-0.25, -0.2) is 4.79 Å². The number of halogens is 3. The van der Waals surface area contributed by atoms with Gasteiger partial charge in [0.2, 0.25) is 0 Å². The van der Waals surface area contributed by atoms with E-state index in [0.29, 0.717) is 5.56 Å². The number of hydrogen-bond acceptors (Lipinski definition) is 3. The predicted molar refractivity (Wildman–Crippen MR) is 78.2 cm³/mol. The number of hydrogen-bond donors (Lipinski definition) is 1. The SMILES string of the molecule is COc1cncc(-c2c(Cl)ccc(Cl)c2Cl)c1C(=O)O. The average molecular weight is 333 g/mol. The van der Waals surface area contributed by atoms with Crippen molar-refractivity contribution in [2.24, 2.45) is 0 Å². The van der Waals surface area contributed by atoms with Crippen LogP contribution < -0.4 is 4.74 Å². The highest BCUT2D eigenvalue weighted by Gasteiger charge is 2.22. The van der Waals surface area contributed by atoms with Crippen molar-refractivity contribution in [3.63, 3.8) is 0 Å². The second-order valence-corrected chi connectivity index (χ2v) is 4.98. The van der Waals surface area contributed by atoms with Gasteiger partial charge < -0.3 is 9.84 Å². The molecule has 1 heterocycles. The van der Waals surface area contributed by atoms with Crippen molar-refractivity contribution in [1.29, 1.82) is 0 Å². The molecule has 20 heavy (non-hydrogen) atoms. The first-order valence-corrected chi connectivity index (χ1v) is 6.50. The third-order valence-corrected chi connectivity index (χ3v) is 3.78. The zero-order chi connectivity index (χ0) is 14.9. The standard InChI is InChI=1S/C13H8Cl3NO3/c1-20-9-5-17-4-6(11(9)13(18)19)10-7(14)2-3-8(15)12(10)16/h2-5H,1H3,(H,18,19). The van der Waals surface area contributed by atoms with E-state index < -0.39 is 5.97 Å². The molecule has 104 valence electrons. The molecule has 2 aromatic rings. The number of carboxylic acids is 1. The maximum atomic E-state index is 11.5. The van der Waals surface area contributed by atoms with Gasteiger partial charge in [-0.1, -0.05) is 34.8 Å². The van der Waals surface area contributed by atoms with Gasteiger partial charge in [0.1, 0.15) is 5.56 Å². The molecule has 0 atom stereocenters. The molecule has 4 nitrogen and oxygen atoms in total. The first-order valence-electron chi connectivity index (χ1n) is 5.36. The number of carboxylic acid groups (broad SMARTS) is 1. The van der Waals surface area contributed by atoms with Crippen molar-refractivity contribution < 1.29 is 14.6 Å². The van der Waals surface area contributed by atoms with Gasteiger partial charge in [-0.2, -0.15) is 0 Å². The summed E-state index contributed by atoms with van der Waals surface area (Å²) in [7, 11) is 1.36. The maximum Gasteiger partial charge on any atom is 0.340 e. The summed E-state index contributed by atoms with van der Waals surface area (Å²) < 4.78 is 5.02. The Morgan fingerprint density at radius 2 is 1.85 bits per heavy atom. The summed E-state index contributed by atoms with van der Waals surface area (Å²) in [5, 5.41) is 10.1. The van der Waals surface area contributed by atoms with Crippen LogP contribution in [0.4, 0.5) is 0 Å². The van der Waals surface area contributed by atoms with Gasteiger partial charge in [-0.15, -0.1) is 0 Å². The smallest absolute Gasteiger partial charge is 0.340 e. The minimum absolute atomic E-state index is 0.0754. The number of benzene rings is 1. The predicted octanol–water partition coefficient (Wildman–Crippen LogP) is 4.42. The van der Waals surface area contributed by atoms with E-state index in [0.717, 1.165) is 0 Å². The summed E-state index contributed by atoms with van der Waals surface area (Å²) in [5.41, 5.74) is 0.479. The maximum absolute atomic E-state index is 11.5. The Morgan fingerprint density at radius 1 is 1.20 bits per heavy atom. The lowest BCUT2D eigenvalue weighted by Gasteiger charge is -2.13. The Kier molecular flexibility index (Phi) is 4.38. The number of aromatic nitrogens is 1. The fraction of sp³-hybridized carbons (Fsp3) is 0.0769. The molecular weight excluding hydrogens is 325 g/mol.